The molecule has 3 fully saturated rings. The summed E-state index contributed by atoms with van der Waals surface area (Å²) >= 11 is 0. The van der Waals surface area contributed by atoms with Crippen molar-refractivity contribution in [1.29, 1.82) is 0 Å². The predicted molar refractivity (Wildman–Crippen MR) is 95.5 cm³/mol. The fourth-order valence-corrected chi connectivity index (χ4v) is 4.89. The molecule has 1 spiro atoms. The van der Waals surface area contributed by atoms with Gasteiger partial charge in [0, 0.05) is 51.9 Å². The van der Waals surface area contributed by atoms with Gasteiger partial charge in [0.25, 0.3) is 0 Å². The molecule has 0 aliphatic carbocycles. The van der Waals surface area contributed by atoms with Gasteiger partial charge in [0.1, 0.15) is 0 Å². The fraction of sp³-hybridized carbons (Fsp3) is 0.650. The monoisotopic (exact) mass is 344 g/mol. The van der Waals surface area contributed by atoms with E-state index in [2.05, 4.69) is 35.2 Å². The van der Waals surface area contributed by atoms with Gasteiger partial charge in [-0.1, -0.05) is 30.3 Å². The van der Waals surface area contributed by atoms with Crippen LogP contribution < -0.4 is 0 Å². The Hall–Kier alpha value is -1.43. The van der Waals surface area contributed by atoms with E-state index in [4.69, 9.17) is 9.47 Å². The lowest BCUT2D eigenvalue weighted by atomic mass is 9.73. The van der Waals surface area contributed by atoms with Gasteiger partial charge in [-0.05, 0) is 18.4 Å². The molecule has 5 nitrogen and oxygen atoms in total. The van der Waals surface area contributed by atoms with Crippen molar-refractivity contribution < 1.29 is 14.3 Å². The van der Waals surface area contributed by atoms with E-state index in [0.717, 1.165) is 45.7 Å². The number of ether oxygens (including phenoxy) is 2. The normalized spacial score (nSPS) is 33.0. The second-order valence-electron chi connectivity index (χ2n) is 7.60. The molecule has 3 saturated heterocycles. The van der Waals surface area contributed by atoms with Gasteiger partial charge < -0.3 is 14.4 Å². The minimum Gasteiger partial charge on any atom is -0.383 e. The van der Waals surface area contributed by atoms with Crippen LogP contribution in [0.2, 0.25) is 0 Å². The Morgan fingerprint density at radius 1 is 1.32 bits per heavy atom. The maximum atomic E-state index is 13.4. The van der Waals surface area contributed by atoms with Crippen LogP contribution in [-0.2, 0) is 14.3 Å². The lowest BCUT2D eigenvalue weighted by Gasteiger charge is -2.29. The third-order valence-electron chi connectivity index (χ3n) is 6.30. The summed E-state index contributed by atoms with van der Waals surface area (Å²) in [5.74, 6) is 0.592. The maximum absolute atomic E-state index is 13.4. The average molecular weight is 344 g/mol. The first kappa shape index (κ1) is 17.0. The topological polar surface area (TPSA) is 42.0 Å². The number of hydrogen-bond acceptors (Lipinski definition) is 4. The zero-order valence-electron chi connectivity index (χ0n) is 15.0. The molecule has 0 radical (unpaired) electrons. The van der Waals surface area contributed by atoms with E-state index >= 15 is 0 Å². The van der Waals surface area contributed by atoms with E-state index in [1.807, 2.05) is 4.90 Å². The number of rotatable bonds is 5. The van der Waals surface area contributed by atoms with Crippen molar-refractivity contribution in [2.75, 3.05) is 53.1 Å². The van der Waals surface area contributed by atoms with Crippen LogP contribution in [0, 0.1) is 5.41 Å². The average Bonchev–Trinajstić information content (AvgIpc) is 3.36. The van der Waals surface area contributed by atoms with Gasteiger partial charge in [0.15, 0.2) is 0 Å². The van der Waals surface area contributed by atoms with Crippen LogP contribution in [0.4, 0.5) is 0 Å². The summed E-state index contributed by atoms with van der Waals surface area (Å²) in [6.45, 7) is 5.63. The van der Waals surface area contributed by atoms with Crippen molar-refractivity contribution in [3.8, 4) is 0 Å². The highest BCUT2D eigenvalue weighted by Gasteiger charge is 2.57. The van der Waals surface area contributed by atoms with E-state index < -0.39 is 0 Å². The van der Waals surface area contributed by atoms with Gasteiger partial charge in [0.2, 0.25) is 5.91 Å². The third kappa shape index (κ3) is 2.98. The third-order valence-corrected chi connectivity index (χ3v) is 6.30. The molecular formula is C20H28N2O3. The molecule has 136 valence electrons. The van der Waals surface area contributed by atoms with Crippen molar-refractivity contribution >= 4 is 5.91 Å². The minimum atomic E-state index is -0.280. The van der Waals surface area contributed by atoms with E-state index in [9.17, 15) is 4.79 Å². The summed E-state index contributed by atoms with van der Waals surface area (Å²) in [4.78, 5) is 17.9. The van der Waals surface area contributed by atoms with Crippen LogP contribution in [0.1, 0.15) is 24.3 Å². The van der Waals surface area contributed by atoms with Crippen LogP contribution in [0.15, 0.2) is 30.3 Å². The molecule has 0 unspecified atom stereocenters. The van der Waals surface area contributed by atoms with Gasteiger partial charge in [-0.15, -0.1) is 0 Å². The number of benzene rings is 1. The second kappa shape index (κ2) is 7.06. The molecule has 3 aliphatic rings. The first-order chi connectivity index (χ1) is 12.2. The molecule has 0 saturated carbocycles. The molecular weight excluding hydrogens is 316 g/mol. The molecule has 5 heteroatoms. The molecule has 3 heterocycles. The largest absolute Gasteiger partial charge is 0.383 e. The zero-order chi connectivity index (χ0) is 17.3. The van der Waals surface area contributed by atoms with E-state index in [1.54, 1.807) is 7.11 Å². The molecule has 3 aliphatic heterocycles. The molecule has 1 amide bonds. The first-order valence-electron chi connectivity index (χ1n) is 9.40. The highest BCUT2D eigenvalue weighted by Crippen LogP contribution is 2.50. The van der Waals surface area contributed by atoms with Crippen molar-refractivity contribution in [1.82, 2.24) is 9.80 Å². The van der Waals surface area contributed by atoms with Gasteiger partial charge in [-0.25, -0.2) is 0 Å². The highest BCUT2D eigenvalue weighted by atomic mass is 16.5. The van der Waals surface area contributed by atoms with Crippen LogP contribution in [0.25, 0.3) is 0 Å². The Bertz CT molecular complexity index is 602. The fourth-order valence-electron chi connectivity index (χ4n) is 4.89. The number of methoxy groups -OCH3 is 1. The summed E-state index contributed by atoms with van der Waals surface area (Å²) in [7, 11) is 1.69. The quantitative estimate of drug-likeness (QED) is 0.816. The summed E-state index contributed by atoms with van der Waals surface area (Å²) in [6, 6.07) is 11.1. The number of hydrogen-bond donors (Lipinski definition) is 0. The standard InChI is InChI=1S/C20H28N2O3/c1-24-12-10-21-9-8-20(19(21)23)15-22(17-7-11-25-14-17)13-18(20)16-5-3-2-4-6-16/h2-6,17-18H,7-15H2,1H3/t17-,18-,20+/m0/s1. The van der Waals surface area contributed by atoms with E-state index in [-0.39, 0.29) is 11.3 Å². The molecule has 3 atom stereocenters. The molecule has 0 aromatic heterocycles. The van der Waals surface area contributed by atoms with Crippen LogP contribution in [0.3, 0.4) is 0 Å². The summed E-state index contributed by atoms with van der Waals surface area (Å²) < 4.78 is 10.8. The second-order valence-corrected chi connectivity index (χ2v) is 7.60. The van der Waals surface area contributed by atoms with Gasteiger partial charge in [-0.2, -0.15) is 0 Å². The Labute approximate surface area is 149 Å². The smallest absolute Gasteiger partial charge is 0.230 e. The molecule has 0 bridgehead atoms. The van der Waals surface area contributed by atoms with Crippen molar-refractivity contribution in [2.24, 2.45) is 5.41 Å². The Morgan fingerprint density at radius 3 is 2.88 bits per heavy atom. The minimum absolute atomic E-state index is 0.273. The molecule has 1 aromatic rings. The number of nitrogens with zero attached hydrogens (tertiary/aromatic N) is 2. The van der Waals surface area contributed by atoms with E-state index in [0.29, 0.717) is 25.1 Å². The Morgan fingerprint density at radius 2 is 2.16 bits per heavy atom. The number of amides is 1. The molecule has 4 rings (SSSR count). The van der Waals surface area contributed by atoms with E-state index in [1.165, 1.54) is 5.56 Å². The number of carbonyl (C=O) groups is 1. The van der Waals surface area contributed by atoms with Crippen molar-refractivity contribution in [2.45, 2.75) is 24.8 Å². The van der Waals surface area contributed by atoms with Crippen LogP contribution in [-0.4, -0.2) is 74.9 Å². The van der Waals surface area contributed by atoms with Crippen LogP contribution >= 0.6 is 0 Å². The number of carbonyl (C=O) groups excluding carboxylic acids is 1. The SMILES string of the molecule is COCCN1CC[C@]2(CN([C@H]3CCOC3)C[C@H]2c2ccccc2)C1=O. The summed E-state index contributed by atoms with van der Waals surface area (Å²) in [5, 5.41) is 0. The van der Waals surface area contributed by atoms with Crippen molar-refractivity contribution in [3.63, 3.8) is 0 Å². The number of likely N-dealkylation sites (tertiary alicyclic amines) is 2. The summed E-state index contributed by atoms with van der Waals surface area (Å²) in [5.41, 5.74) is 1.02. The lowest BCUT2D eigenvalue weighted by molar-refractivity contribution is -0.136. The lowest BCUT2D eigenvalue weighted by Crippen LogP contribution is -2.42. The summed E-state index contributed by atoms with van der Waals surface area (Å²) in [6.07, 6.45) is 2.03. The molecule has 1 aromatic carbocycles. The van der Waals surface area contributed by atoms with Gasteiger partial charge in [0.05, 0.1) is 18.6 Å². The van der Waals surface area contributed by atoms with Gasteiger partial charge >= 0.3 is 0 Å². The molecule has 0 N–H and O–H groups in total. The maximum Gasteiger partial charge on any atom is 0.230 e. The highest BCUT2D eigenvalue weighted by molar-refractivity contribution is 5.87. The first-order valence-corrected chi connectivity index (χ1v) is 9.40. The van der Waals surface area contributed by atoms with Gasteiger partial charge in [-0.3, -0.25) is 9.69 Å². The Kier molecular flexibility index (Phi) is 4.80. The predicted octanol–water partition coefficient (Wildman–Crippen LogP) is 1.74. The van der Waals surface area contributed by atoms with Crippen LogP contribution in [0.5, 0.6) is 0 Å². The molecule has 25 heavy (non-hydrogen) atoms. The Balaban J connectivity index is 1.62. The zero-order valence-corrected chi connectivity index (χ0v) is 15.0. The van der Waals surface area contributed by atoms with Crippen molar-refractivity contribution in [3.05, 3.63) is 35.9 Å².